The molecule has 1 aromatic rings. The van der Waals surface area contributed by atoms with E-state index >= 15 is 0 Å². The van der Waals surface area contributed by atoms with Crippen LogP contribution in [0.5, 0.6) is 0 Å². The monoisotopic (exact) mass is 314 g/mol. The van der Waals surface area contributed by atoms with Gasteiger partial charge in [0.2, 0.25) is 5.91 Å². The molecule has 3 nitrogen and oxygen atoms in total. The van der Waals surface area contributed by atoms with E-state index in [9.17, 15) is 4.79 Å². The molecule has 0 spiro atoms. The third-order valence-corrected chi connectivity index (χ3v) is 5.28. The van der Waals surface area contributed by atoms with E-state index in [-0.39, 0.29) is 29.1 Å². The Hall–Kier alpha value is -0.710. The third kappa shape index (κ3) is 3.90. The second-order valence-electron chi connectivity index (χ2n) is 5.21. The number of benzene rings is 1. The van der Waals surface area contributed by atoms with E-state index in [2.05, 4.69) is 31.3 Å². The average Bonchev–Trinajstić information content (AvgIpc) is 2.88. The molecule has 0 saturated carbocycles. The Morgan fingerprint density at radius 3 is 2.65 bits per heavy atom. The molecule has 1 aliphatic rings. The summed E-state index contributed by atoms with van der Waals surface area (Å²) in [6, 6.07) is 8.23. The Balaban J connectivity index is 0.00000200. The van der Waals surface area contributed by atoms with Crippen molar-refractivity contribution in [3.63, 3.8) is 0 Å². The Labute approximate surface area is 131 Å². The van der Waals surface area contributed by atoms with E-state index in [1.165, 1.54) is 10.5 Å². The van der Waals surface area contributed by atoms with Gasteiger partial charge in [-0.05, 0) is 30.9 Å². The van der Waals surface area contributed by atoms with E-state index < -0.39 is 0 Å². The van der Waals surface area contributed by atoms with Crippen LogP contribution < -0.4 is 11.1 Å². The number of fused-ring (bicyclic) bond motifs is 1. The molecular weight excluding hydrogens is 292 g/mol. The molecule has 0 radical (unpaired) electrons. The van der Waals surface area contributed by atoms with Crippen molar-refractivity contribution in [2.75, 3.05) is 6.54 Å². The van der Waals surface area contributed by atoms with Gasteiger partial charge in [-0.2, -0.15) is 0 Å². The predicted molar refractivity (Wildman–Crippen MR) is 87.5 cm³/mol. The molecule has 5 heteroatoms. The van der Waals surface area contributed by atoms with Crippen LogP contribution in [0.25, 0.3) is 0 Å². The van der Waals surface area contributed by atoms with Gasteiger partial charge in [-0.3, -0.25) is 4.79 Å². The number of carbonyl (C=O) groups excluding carboxylic acids is 1. The summed E-state index contributed by atoms with van der Waals surface area (Å²) in [5, 5.41) is 3.01. The fourth-order valence-corrected chi connectivity index (χ4v) is 3.42. The van der Waals surface area contributed by atoms with Gasteiger partial charge in [0.25, 0.3) is 0 Å². The summed E-state index contributed by atoms with van der Waals surface area (Å²) < 4.78 is 0. The van der Waals surface area contributed by atoms with Crippen molar-refractivity contribution in [1.29, 1.82) is 0 Å². The summed E-state index contributed by atoms with van der Waals surface area (Å²) in [4.78, 5) is 13.4. The predicted octanol–water partition coefficient (Wildman–Crippen LogP) is 2.76. The minimum absolute atomic E-state index is 0. The molecule has 0 aromatic heterocycles. The van der Waals surface area contributed by atoms with Crippen molar-refractivity contribution in [1.82, 2.24) is 5.32 Å². The lowest BCUT2D eigenvalue weighted by Gasteiger charge is -2.27. The summed E-state index contributed by atoms with van der Waals surface area (Å²) in [6.45, 7) is 4.69. The van der Waals surface area contributed by atoms with E-state index in [0.29, 0.717) is 6.54 Å². The van der Waals surface area contributed by atoms with Gasteiger partial charge < -0.3 is 11.1 Å². The molecule has 1 aliphatic heterocycles. The summed E-state index contributed by atoms with van der Waals surface area (Å²) in [6.07, 6.45) is 2.58. The number of nitrogens with one attached hydrogen (secondary N) is 1. The van der Waals surface area contributed by atoms with Crippen LogP contribution >= 0.6 is 24.2 Å². The number of thioether (sulfide) groups is 1. The van der Waals surface area contributed by atoms with Gasteiger partial charge in [-0.1, -0.05) is 32.0 Å². The first-order valence-corrected chi connectivity index (χ1v) is 7.77. The van der Waals surface area contributed by atoms with Crippen molar-refractivity contribution in [3.05, 3.63) is 29.8 Å². The number of rotatable bonds is 5. The standard InChI is InChI=1S/C15H22N2OS.ClH/c1-3-15(16,4-2)10-17-14(18)13-9-11-7-5-6-8-12(11)19-13;/h5-8,13H,3-4,9-10,16H2,1-2H3,(H,17,18);1H. The Morgan fingerprint density at radius 1 is 1.40 bits per heavy atom. The fourth-order valence-electron chi connectivity index (χ4n) is 2.21. The van der Waals surface area contributed by atoms with Crippen LogP contribution in [0.3, 0.4) is 0 Å². The highest BCUT2D eigenvalue weighted by atomic mass is 35.5. The molecule has 1 unspecified atom stereocenters. The lowest BCUT2D eigenvalue weighted by molar-refractivity contribution is -0.120. The fraction of sp³-hybridized carbons (Fsp3) is 0.533. The SMILES string of the molecule is CCC(N)(CC)CNC(=O)C1Cc2ccccc2S1.Cl. The van der Waals surface area contributed by atoms with Crippen LogP contribution in [0.1, 0.15) is 32.3 Å². The van der Waals surface area contributed by atoms with Crippen molar-refractivity contribution >= 4 is 30.1 Å². The summed E-state index contributed by atoms with van der Waals surface area (Å²) in [7, 11) is 0. The normalized spacial score (nSPS) is 17.2. The molecule has 2 rings (SSSR count). The molecule has 112 valence electrons. The Kier molecular flexibility index (Phi) is 6.37. The maximum atomic E-state index is 12.2. The minimum atomic E-state index is -0.272. The lowest BCUT2D eigenvalue weighted by atomic mass is 9.94. The molecular formula is C15H23ClN2OS. The summed E-state index contributed by atoms with van der Waals surface area (Å²) in [5.74, 6) is 0.109. The molecule has 0 aliphatic carbocycles. The Bertz CT molecular complexity index is 438. The van der Waals surface area contributed by atoms with Gasteiger partial charge in [0, 0.05) is 17.0 Å². The van der Waals surface area contributed by atoms with Crippen LogP contribution in [-0.2, 0) is 11.2 Å². The van der Waals surface area contributed by atoms with Crippen LogP contribution in [0.4, 0.5) is 0 Å². The number of amides is 1. The highest BCUT2D eigenvalue weighted by molar-refractivity contribution is 8.01. The second-order valence-corrected chi connectivity index (χ2v) is 6.45. The number of carbonyl (C=O) groups is 1. The quantitative estimate of drug-likeness (QED) is 0.878. The van der Waals surface area contributed by atoms with Crippen LogP contribution in [0, 0.1) is 0 Å². The Morgan fingerprint density at radius 2 is 2.05 bits per heavy atom. The van der Waals surface area contributed by atoms with E-state index in [4.69, 9.17) is 5.73 Å². The first kappa shape index (κ1) is 17.3. The van der Waals surface area contributed by atoms with Gasteiger partial charge in [0.05, 0.1) is 5.25 Å². The van der Waals surface area contributed by atoms with E-state index in [1.54, 1.807) is 11.8 Å². The average molecular weight is 315 g/mol. The zero-order valence-electron chi connectivity index (χ0n) is 12.0. The molecule has 1 aromatic carbocycles. The van der Waals surface area contributed by atoms with Crippen LogP contribution in [-0.4, -0.2) is 23.2 Å². The maximum Gasteiger partial charge on any atom is 0.233 e. The minimum Gasteiger partial charge on any atom is -0.353 e. The van der Waals surface area contributed by atoms with Crippen molar-refractivity contribution in [2.24, 2.45) is 5.73 Å². The van der Waals surface area contributed by atoms with Gasteiger partial charge >= 0.3 is 0 Å². The van der Waals surface area contributed by atoms with E-state index in [1.807, 2.05) is 12.1 Å². The molecule has 20 heavy (non-hydrogen) atoms. The van der Waals surface area contributed by atoms with Crippen molar-refractivity contribution < 1.29 is 4.79 Å². The first-order chi connectivity index (χ1) is 9.08. The van der Waals surface area contributed by atoms with Gasteiger partial charge in [0.15, 0.2) is 0 Å². The number of hydrogen-bond donors (Lipinski definition) is 2. The zero-order valence-corrected chi connectivity index (χ0v) is 13.7. The molecule has 1 heterocycles. The molecule has 3 N–H and O–H groups in total. The third-order valence-electron chi connectivity index (χ3n) is 3.96. The smallest absolute Gasteiger partial charge is 0.233 e. The van der Waals surface area contributed by atoms with E-state index in [0.717, 1.165) is 19.3 Å². The summed E-state index contributed by atoms with van der Waals surface area (Å²) in [5.41, 5.74) is 7.21. The molecule has 0 fully saturated rings. The van der Waals surface area contributed by atoms with Crippen molar-refractivity contribution in [3.8, 4) is 0 Å². The van der Waals surface area contributed by atoms with Crippen molar-refractivity contribution in [2.45, 2.75) is 48.8 Å². The van der Waals surface area contributed by atoms with Gasteiger partial charge in [-0.25, -0.2) is 0 Å². The molecule has 0 bridgehead atoms. The van der Waals surface area contributed by atoms with Gasteiger partial charge in [-0.15, -0.1) is 24.2 Å². The highest BCUT2D eigenvalue weighted by Gasteiger charge is 2.29. The zero-order chi connectivity index (χ0) is 13.9. The molecule has 1 amide bonds. The largest absolute Gasteiger partial charge is 0.353 e. The number of nitrogens with two attached hydrogens (primary N) is 1. The number of hydrogen-bond acceptors (Lipinski definition) is 3. The summed E-state index contributed by atoms with van der Waals surface area (Å²) >= 11 is 1.66. The first-order valence-electron chi connectivity index (χ1n) is 6.89. The van der Waals surface area contributed by atoms with Crippen LogP contribution in [0.15, 0.2) is 29.2 Å². The highest BCUT2D eigenvalue weighted by Crippen LogP contribution is 2.36. The molecule has 1 atom stereocenters. The second kappa shape index (κ2) is 7.34. The number of halogens is 1. The maximum absolute atomic E-state index is 12.2. The topological polar surface area (TPSA) is 55.1 Å². The lowest BCUT2D eigenvalue weighted by Crippen LogP contribution is -2.50. The van der Waals surface area contributed by atoms with Crippen LogP contribution in [0.2, 0.25) is 0 Å². The van der Waals surface area contributed by atoms with Gasteiger partial charge in [0.1, 0.15) is 0 Å². The molecule has 0 saturated heterocycles.